The van der Waals surface area contributed by atoms with E-state index in [4.69, 9.17) is 4.98 Å². The van der Waals surface area contributed by atoms with Crippen LogP contribution in [0.15, 0.2) is 53.7 Å². The Bertz CT molecular complexity index is 1240. The molecular weight excluding hydrogens is 436 g/mol. The number of piperidine rings is 1. The van der Waals surface area contributed by atoms with E-state index in [0.717, 1.165) is 31.2 Å². The third-order valence-corrected chi connectivity index (χ3v) is 8.13. The summed E-state index contributed by atoms with van der Waals surface area (Å²) in [6.07, 6.45) is 7.17. The second-order valence-electron chi connectivity index (χ2n) is 8.72. The molecule has 8 heteroatoms. The minimum absolute atomic E-state index is 0.205. The zero-order valence-electron chi connectivity index (χ0n) is 19.2. The van der Waals surface area contributed by atoms with Crippen molar-refractivity contribution in [1.29, 1.82) is 0 Å². The molecule has 3 heterocycles. The van der Waals surface area contributed by atoms with Crippen molar-refractivity contribution in [2.24, 2.45) is 5.92 Å². The van der Waals surface area contributed by atoms with Crippen LogP contribution < -0.4 is 10.3 Å². The number of hydrogen-bond donors (Lipinski definition) is 1. The molecule has 3 aromatic rings. The fraction of sp³-hybridized carbons (Fsp3) is 0.400. The molecule has 0 spiro atoms. The minimum Gasteiger partial charge on any atom is -0.352 e. The number of amides is 1. The molecule has 1 aliphatic rings. The Morgan fingerprint density at radius 2 is 1.88 bits per heavy atom. The van der Waals surface area contributed by atoms with Crippen molar-refractivity contribution in [2.75, 3.05) is 19.6 Å². The monoisotopic (exact) mass is 467 g/mol. The lowest BCUT2D eigenvalue weighted by Crippen LogP contribution is -2.37. The van der Waals surface area contributed by atoms with Gasteiger partial charge in [-0.05, 0) is 49.4 Å². The number of hydrogen-bond acceptors (Lipinski definition) is 4. The Labute approximate surface area is 195 Å². The van der Waals surface area contributed by atoms with Crippen LogP contribution in [-0.2, 0) is 10.0 Å². The zero-order valence-corrected chi connectivity index (χ0v) is 20.0. The average Bonchev–Trinajstić information content (AvgIpc) is 2.84. The van der Waals surface area contributed by atoms with Gasteiger partial charge in [0.1, 0.15) is 0 Å². The smallest absolute Gasteiger partial charge is 0.252 e. The molecule has 1 aromatic carbocycles. The number of aromatic amines is 1. The van der Waals surface area contributed by atoms with E-state index in [0.29, 0.717) is 47.7 Å². The molecule has 4 rings (SSSR count). The second kappa shape index (κ2) is 9.97. The van der Waals surface area contributed by atoms with Crippen LogP contribution >= 0.6 is 0 Å². The SMILES string of the molecule is CCCCNC(=O)c1cc(-c2cc[nH+]cc2)nc2ccc(S(=O)(=O)N3CCC(C)CC3)cc12. The number of benzene rings is 1. The Balaban J connectivity index is 1.79. The maximum Gasteiger partial charge on any atom is 0.252 e. The first kappa shape index (κ1) is 23.3. The van der Waals surface area contributed by atoms with Gasteiger partial charge in [0.25, 0.3) is 5.91 Å². The summed E-state index contributed by atoms with van der Waals surface area (Å²) >= 11 is 0. The summed E-state index contributed by atoms with van der Waals surface area (Å²) in [5.41, 5.74) is 2.56. The third kappa shape index (κ3) is 5.07. The first-order chi connectivity index (χ1) is 15.9. The van der Waals surface area contributed by atoms with E-state index in [1.165, 1.54) is 0 Å². The van der Waals surface area contributed by atoms with E-state index in [-0.39, 0.29) is 10.8 Å². The van der Waals surface area contributed by atoms with Crippen LogP contribution in [0, 0.1) is 5.92 Å². The lowest BCUT2D eigenvalue weighted by molar-refractivity contribution is -0.377. The van der Waals surface area contributed by atoms with E-state index >= 15 is 0 Å². The van der Waals surface area contributed by atoms with E-state index in [2.05, 4.69) is 24.1 Å². The van der Waals surface area contributed by atoms with Crippen molar-refractivity contribution in [3.05, 3.63) is 54.4 Å². The summed E-state index contributed by atoms with van der Waals surface area (Å²) in [4.78, 5) is 21.0. The first-order valence-electron chi connectivity index (χ1n) is 11.6. The number of unbranched alkanes of at least 4 members (excludes halogenated alkanes) is 1. The molecular formula is C25H31N4O3S+. The molecule has 2 N–H and O–H groups in total. The van der Waals surface area contributed by atoms with Crippen molar-refractivity contribution in [3.63, 3.8) is 0 Å². The van der Waals surface area contributed by atoms with Crippen LogP contribution in [0.3, 0.4) is 0 Å². The molecule has 0 aliphatic carbocycles. The highest BCUT2D eigenvalue weighted by molar-refractivity contribution is 7.89. The molecule has 1 aliphatic heterocycles. The number of fused-ring (bicyclic) bond motifs is 1. The number of carbonyl (C=O) groups excluding carboxylic acids is 1. The minimum atomic E-state index is -3.63. The van der Waals surface area contributed by atoms with Gasteiger partial charge in [0.2, 0.25) is 10.0 Å². The van der Waals surface area contributed by atoms with Crippen molar-refractivity contribution >= 4 is 26.8 Å². The molecule has 2 aromatic heterocycles. The van der Waals surface area contributed by atoms with Gasteiger partial charge in [-0.1, -0.05) is 20.3 Å². The van der Waals surface area contributed by atoms with Gasteiger partial charge >= 0.3 is 0 Å². The largest absolute Gasteiger partial charge is 0.352 e. The second-order valence-corrected chi connectivity index (χ2v) is 10.7. The summed E-state index contributed by atoms with van der Waals surface area (Å²) in [6, 6.07) is 10.4. The van der Waals surface area contributed by atoms with Crippen molar-refractivity contribution in [3.8, 4) is 11.3 Å². The van der Waals surface area contributed by atoms with Gasteiger partial charge in [-0.15, -0.1) is 0 Å². The summed E-state index contributed by atoms with van der Waals surface area (Å²) < 4.78 is 28.2. The lowest BCUT2D eigenvalue weighted by atomic mass is 10.0. The molecule has 1 fully saturated rings. The lowest BCUT2D eigenvalue weighted by Gasteiger charge is -2.29. The highest BCUT2D eigenvalue weighted by Crippen LogP contribution is 2.29. The van der Waals surface area contributed by atoms with E-state index in [1.54, 1.807) is 41.0 Å². The topological polar surface area (TPSA) is 93.5 Å². The van der Waals surface area contributed by atoms with Crippen LogP contribution in [0.5, 0.6) is 0 Å². The number of pyridine rings is 2. The highest BCUT2D eigenvalue weighted by atomic mass is 32.2. The predicted octanol–water partition coefficient (Wildman–Crippen LogP) is 3.67. The quantitative estimate of drug-likeness (QED) is 0.537. The third-order valence-electron chi connectivity index (χ3n) is 6.24. The number of nitrogens with zero attached hydrogens (tertiary/aromatic N) is 2. The van der Waals surface area contributed by atoms with Crippen LogP contribution in [0.25, 0.3) is 22.2 Å². The van der Waals surface area contributed by atoms with Gasteiger partial charge < -0.3 is 5.32 Å². The van der Waals surface area contributed by atoms with Crippen LogP contribution in [0.2, 0.25) is 0 Å². The standard InChI is InChI=1S/C25H30N4O3S/c1-3-4-11-27-25(30)22-17-24(19-7-12-26-13-8-19)28-23-6-5-20(16-21(22)23)33(31,32)29-14-9-18(2)10-15-29/h5-8,12-13,16-18H,3-4,9-11,14-15H2,1-2H3,(H,27,30)/p+1. The van der Waals surface area contributed by atoms with Crippen molar-refractivity contribution in [2.45, 2.75) is 44.4 Å². The molecule has 1 amide bonds. The Kier molecular flexibility index (Phi) is 7.05. The van der Waals surface area contributed by atoms with Crippen LogP contribution in [-0.4, -0.2) is 43.2 Å². The van der Waals surface area contributed by atoms with Crippen LogP contribution in [0.4, 0.5) is 0 Å². The number of sulfonamides is 1. The van der Waals surface area contributed by atoms with Gasteiger partial charge in [-0.25, -0.2) is 18.4 Å². The van der Waals surface area contributed by atoms with Gasteiger partial charge in [-0.3, -0.25) is 4.79 Å². The fourth-order valence-electron chi connectivity index (χ4n) is 4.11. The Morgan fingerprint density at radius 1 is 1.15 bits per heavy atom. The predicted molar refractivity (Wildman–Crippen MR) is 128 cm³/mol. The molecule has 0 atom stereocenters. The molecule has 7 nitrogen and oxygen atoms in total. The molecule has 0 radical (unpaired) electrons. The molecule has 174 valence electrons. The highest BCUT2D eigenvalue weighted by Gasteiger charge is 2.28. The molecule has 0 bridgehead atoms. The normalized spacial score (nSPS) is 15.6. The summed E-state index contributed by atoms with van der Waals surface area (Å²) in [5, 5.41) is 3.51. The van der Waals surface area contributed by atoms with Crippen molar-refractivity contribution in [1.82, 2.24) is 14.6 Å². The van der Waals surface area contributed by atoms with Gasteiger partial charge in [0.15, 0.2) is 12.4 Å². The van der Waals surface area contributed by atoms with E-state index < -0.39 is 10.0 Å². The van der Waals surface area contributed by atoms with E-state index in [9.17, 15) is 13.2 Å². The number of carbonyl (C=O) groups is 1. The van der Waals surface area contributed by atoms with Gasteiger partial charge in [-0.2, -0.15) is 4.31 Å². The van der Waals surface area contributed by atoms with Crippen LogP contribution in [0.1, 0.15) is 49.9 Å². The fourth-order valence-corrected chi connectivity index (χ4v) is 5.60. The molecule has 0 unspecified atom stereocenters. The number of H-pyrrole nitrogens is 1. The van der Waals surface area contributed by atoms with E-state index in [1.807, 2.05) is 12.1 Å². The Morgan fingerprint density at radius 3 is 2.58 bits per heavy atom. The summed E-state index contributed by atoms with van der Waals surface area (Å²) in [5.74, 6) is 0.311. The maximum atomic E-state index is 13.3. The molecule has 1 saturated heterocycles. The number of rotatable bonds is 7. The maximum absolute atomic E-state index is 13.3. The number of aromatic nitrogens is 2. The number of nitrogens with one attached hydrogen (secondary N) is 2. The van der Waals surface area contributed by atoms with Gasteiger partial charge in [0, 0.05) is 42.7 Å². The first-order valence-corrected chi connectivity index (χ1v) is 13.0. The summed E-state index contributed by atoms with van der Waals surface area (Å²) in [6.45, 7) is 5.83. The Hall–Kier alpha value is -2.84. The molecule has 0 saturated carbocycles. The zero-order chi connectivity index (χ0) is 23.4. The van der Waals surface area contributed by atoms with Crippen molar-refractivity contribution < 1.29 is 18.2 Å². The average molecular weight is 468 g/mol. The van der Waals surface area contributed by atoms with Gasteiger partial charge in [0.05, 0.1) is 21.7 Å². The molecule has 33 heavy (non-hydrogen) atoms. The summed E-state index contributed by atoms with van der Waals surface area (Å²) in [7, 11) is -3.63.